The first kappa shape index (κ1) is 19.3. The summed E-state index contributed by atoms with van der Waals surface area (Å²) in [7, 11) is 1.57. The highest BCUT2D eigenvalue weighted by Gasteiger charge is 2.15. The number of carbonyl (C=O) groups excluding carboxylic acids is 1. The molecule has 0 unspecified atom stereocenters. The first-order valence-electron chi connectivity index (χ1n) is 9.05. The van der Waals surface area contributed by atoms with Crippen LogP contribution < -0.4 is 15.0 Å². The lowest BCUT2D eigenvalue weighted by Crippen LogP contribution is -2.34. The highest BCUT2D eigenvalue weighted by Crippen LogP contribution is 2.23. The predicted octanol–water partition coefficient (Wildman–Crippen LogP) is 2.75. The number of para-hydroxylation sites is 2. The Bertz CT molecular complexity index is 969. The minimum atomic E-state index is -0.162. The zero-order chi connectivity index (χ0) is 20.1. The van der Waals surface area contributed by atoms with Gasteiger partial charge in [-0.05, 0) is 39.0 Å². The quantitative estimate of drug-likeness (QED) is 0.678. The second kappa shape index (κ2) is 8.51. The Kier molecular flexibility index (Phi) is 5.88. The van der Waals surface area contributed by atoms with Gasteiger partial charge in [0.05, 0.1) is 37.4 Å². The van der Waals surface area contributed by atoms with Crippen LogP contribution in [0.2, 0.25) is 0 Å². The average Bonchev–Trinajstić information content (AvgIpc) is 3.04. The monoisotopic (exact) mass is 380 g/mol. The standard InChI is InChI=1S/C20H24N6O2/c1-5-25(13-20(27)22-16-8-6-7-9-17(16)28-4)18-11-21-12-19(23-18)26-15(3)10-14(2)24-26/h6-12H,5,13H2,1-4H3,(H,22,27). The van der Waals surface area contributed by atoms with E-state index >= 15 is 0 Å². The zero-order valence-corrected chi connectivity index (χ0v) is 16.5. The summed E-state index contributed by atoms with van der Waals surface area (Å²) in [4.78, 5) is 23.3. The van der Waals surface area contributed by atoms with Crippen molar-refractivity contribution < 1.29 is 9.53 Å². The molecule has 0 spiro atoms. The predicted molar refractivity (Wildman–Crippen MR) is 108 cm³/mol. The third-order valence-corrected chi connectivity index (χ3v) is 4.26. The number of ether oxygens (including phenoxy) is 1. The largest absolute Gasteiger partial charge is 0.495 e. The molecule has 0 bridgehead atoms. The molecule has 1 N–H and O–H groups in total. The number of anilines is 2. The smallest absolute Gasteiger partial charge is 0.244 e. The number of likely N-dealkylation sites (N-methyl/N-ethyl adjacent to an activating group) is 1. The van der Waals surface area contributed by atoms with Crippen molar-refractivity contribution in [1.29, 1.82) is 0 Å². The van der Waals surface area contributed by atoms with Gasteiger partial charge in [0.15, 0.2) is 5.82 Å². The molecular formula is C20H24N6O2. The van der Waals surface area contributed by atoms with E-state index in [0.29, 0.717) is 29.6 Å². The van der Waals surface area contributed by atoms with Crippen LogP contribution in [0.15, 0.2) is 42.7 Å². The molecule has 0 radical (unpaired) electrons. The van der Waals surface area contributed by atoms with E-state index in [1.165, 1.54) is 0 Å². The van der Waals surface area contributed by atoms with Gasteiger partial charge in [-0.1, -0.05) is 12.1 Å². The summed E-state index contributed by atoms with van der Waals surface area (Å²) >= 11 is 0. The molecule has 0 atom stereocenters. The molecule has 1 aromatic carbocycles. The summed E-state index contributed by atoms with van der Waals surface area (Å²) in [6.45, 7) is 6.61. The van der Waals surface area contributed by atoms with Crippen molar-refractivity contribution in [2.24, 2.45) is 0 Å². The lowest BCUT2D eigenvalue weighted by atomic mass is 10.3. The zero-order valence-electron chi connectivity index (χ0n) is 16.5. The molecule has 0 saturated heterocycles. The number of nitrogens with one attached hydrogen (secondary N) is 1. The molecule has 2 heterocycles. The summed E-state index contributed by atoms with van der Waals surface area (Å²) < 4.78 is 7.02. The van der Waals surface area contributed by atoms with Gasteiger partial charge >= 0.3 is 0 Å². The number of rotatable bonds is 7. The SMILES string of the molecule is CCN(CC(=O)Nc1ccccc1OC)c1cncc(-n2nc(C)cc2C)n1. The first-order valence-corrected chi connectivity index (χ1v) is 9.05. The van der Waals surface area contributed by atoms with Crippen molar-refractivity contribution in [3.63, 3.8) is 0 Å². The Balaban J connectivity index is 1.77. The maximum atomic E-state index is 12.6. The minimum absolute atomic E-state index is 0.143. The number of hydrogen-bond donors (Lipinski definition) is 1. The molecule has 1 amide bonds. The maximum absolute atomic E-state index is 12.6. The second-order valence-corrected chi connectivity index (χ2v) is 6.34. The number of amides is 1. The lowest BCUT2D eigenvalue weighted by Gasteiger charge is -2.21. The van der Waals surface area contributed by atoms with E-state index in [9.17, 15) is 4.79 Å². The second-order valence-electron chi connectivity index (χ2n) is 6.34. The van der Waals surface area contributed by atoms with Gasteiger partial charge in [0.1, 0.15) is 11.6 Å². The number of aryl methyl sites for hydroxylation is 2. The van der Waals surface area contributed by atoms with Crippen LogP contribution >= 0.6 is 0 Å². The van der Waals surface area contributed by atoms with Crippen molar-refractivity contribution in [2.75, 3.05) is 30.4 Å². The first-order chi connectivity index (χ1) is 13.5. The molecule has 0 aliphatic rings. The summed E-state index contributed by atoms with van der Waals surface area (Å²) in [5.41, 5.74) is 2.52. The Morgan fingerprint density at radius 2 is 2.04 bits per heavy atom. The highest BCUT2D eigenvalue weighted by atomic mass is 16.5. The van der Waals surface area contributed by atoms with E-state index in [2.05, 4.69) is 20.4 Å². The van der Waals surface area contributed by atoms with Crippen molar-refractivity contribution in [3.8, 4) is 11.6 Å². The van der Waals surface area contributed by atoms with Gasteiger partial charge in [-0.2, -0.15) is 5.10 Å². The van der Waals surface area contributed by atoms with Gasteiger partial charge in [-0.25, -0.2) is 9.67 Å². The van der Waals surface area contributed by atoms with Crippen LogP contribution in [0.25, 0.3) is 5.82 Å². The van der Waals surface area contributed by atoms with Gasteiger partial charge in [-0.3, -0.25) is 9.78 Å². The van der Waals surface area contributed by atoms with Gasteiger partial charge in [0.25, 0.3) is 0 Å². The van der Waals surface area contributed by atoms with Crippen molar-refractivity contribution in [3.05, 3.63) is 54.1 Å². The molecule has 146 valence electrons. The third kappa shape index (κ3) is 4.28. The summed E-state index contributed by atoms with van der Waals surface area (Å²) in [6, 6.07) is 9.28. The molecule has 3 rings (SSSR count). The minimum Gasteiger partial charge on any atom is -0.495 e. The number of benzene rings is 1. The Labute approximate surface area is 164 Å². The van der Waals surface area contributed by atoms with Crippen LogP contribution in [-0.2, 0) is 4.79 Å². The fourth-order valence-corrected chi connectivity index (χ4v) is 2.93. The summed E-state index contributed by atoms with van der Waals surface area (Å²) in [5, 5.41) is 7.33. The summed E-state index contributed by atoms with van der Waals surface area (Å²) in [6.07, 6.45) is 3.31. The van der Waals surface area contributed by atoms with Crippen molar-refractivity contribution in [2.45, 2.75) is 20.8 Å². The van der Waals surface area contributed by atoms with E-state index in [1.807, 2.05) is 43.9 Å². The fraction of sp³-hybridized carbons (Fsp3) is 0.300. The number of methoxy groups -OCH3 is 1. The molecular weight excluding hydrogens is 356 g/mol. The number of nitrogens with zero attached hydrogens (tertiary/aromatic N) is 5. The van der Waals surface area contributed by atoms with Crippen molar-refractivity contribution >= 4 is 17.4 Å². The molecule has 8 nitrogen and oxygen atoms in total. The fourth-order valence-electron chi connectivity index (χ4n) is 2.93. The highest BCUT2D eigenvalue weighted by molar-refractivity contribution is 5.95. The van der Waals surface area contributed by atoms with Crippen LogP contribution in [0.5, 0.6) is 5.75 Å². The van der Waals surface area contributed by atoms with E-state index in [4.69, 9.17) is 4.74 Å². The van der Waals surface area contributed by atoms with Crippen LogP contribution in [0, 0.1) is 13.8 Å². The van der Waals surface area contributed by atoms with Crippen LogP contribution in [0.3, 0.4) is 0 Å². The lowest BCUT2D eigenvalue weighted by molar-refractivity contribution is -0.115. The molecule has 0 aliphatic heterocycles. The topological polar surface area (TPSA) is 85.2 Å². The Morgan fingerprint density at radius 1 is 1.25 bits per heavy atom. The summed E-state index contributed by atoms with van der Waals surface area (Å²) in [5.74, 6) is 1.68. The average molecular weight is 380 g/mol. The van der Waals surface area contributed by atoms with Gasteiger partial charge < -0.3 is 15.0 Å². The van der Waals surface area contributed by atoms with Crippen LogP contribution in [-0.4, -0.2) is 45.9 Å². The van der Waals surface area contributed by atoms with Gasteiger partial charge in [0.2, 0.25) is 5.91 Å². The van der Waals surface area contributed by atoms with Gasteiger partial charge in [0, 0.05) is 12.2 Å². The third-order valence-electron chi connectivity index (χ3n) is 4.26. The van der Waals surface area contributed by atoms with Gasteiger partial charge in [-0.15, -0.1) is 0 Å². The van der Waals surface area contributed by atoms with Crippen LogP contribution in [0.4, 0.5) is 11.5 Å². The molecule has 8 heteroatoms. The molecule has 28 heavy (non-hydrogen) atoms. The number of carbonyl (C=O) groups is 1. The molecule has 0 aliphatic carbocycles. The van der Waals surface area contributed by atoms with Crippen LogP contribution in [0.1, 0.15) is 18.3 Å². The van der Waals surface area contributed by atoms with E-state index in [-0.39, 0.29) is 12.5 Å². The number of hydrogen-bond acceptors (Lipinski definition) is 6. The molecule has 0 saturated carbocycles. The van der Waals surface area contributed by atoms with E-state index in [1.54, 1.807) is 36.3 Å². The maximum Gasteiger partial charge on any atom is 0.244 e. The molecule has 3 aromatic rings. The Morgan fingerprint density at radius 3 is 2.71 bits per heavy atom. The number of aromatic nitrogens is 4. The van der Waals surface area contributed by atoms with E-state index in [0.717, 1.165) is 11.4 Å². The Hall–Kier alpha value is -3.42. The van der Waals surface area contributed by atoms with Crippen molar-refractivity contribution in [1.82, 2.24) is 19.7 Å². The molecule has 0 fully saturated rings. The normalized spacial score (nSPS) is 10.6. The molecule has 2 aromatic heterocycles. The van der Waals surface area contributed by atoms with E-state index < -0.39 is 0 Å².